The van der Waals surface area contributed by atoms with Crippen molar-refractivity contribution in [1.82, 2.24) is 4.31 Å². The zero-order valence-corrected chi connectivity index (χ0v) is 9.28. The Kier molecular flexibility index (Phi) is 3.27. The molecule has 1 unspecified atom stereocenters. The van der Waals surface area contributed by atoms with Gasteiger partial charge in [0.2, 0.25) is 10.0 Å². The normalized spacial score (nSPS) is 30.1. The average Bonchev–Trinajstić information content (AvgIpc) is 2.14. The summed E-state index contributed by atoms with van der Waals surface area (Å²) in [6.07, 6.45) is -0.172. The number of ether oxygens (including phenoxy) is 2. The summed E-state index contributed by atoms with van der Waals surface area (Å²) in [6.45, 7) is 2.20. The second-order valence-electron chi connectivity index (χ2n) is 3.79. The van der Waals surface area contributed by atoms with E-state index in [-0.39, 0.29) is 11.4 Å². The first-order chi connectivity index (χ1) is 7.14. The van der Waals surface area contributed by atoms with Gasteiger partial charge in [0.05, 0.1) is 25.9 Å². The van der Waals surface area contributed by atoms with Gasteiger partial charge in [0.25, 0.3) is 0 Å². The van der Waals surface area contributed by atoms with Crippen molar-refractivity contribution in [3.05, 3.63) is 0 Å². The highest BCUT2D eigenvalue weighted by molar-refractivity contribution is 7.89. The molecule has 2 saturated heterocycles. The molecular weight excluding hydrogens is 220 g/mol. The second-order valence-corrected chi connectivity index (χ2v) is 6.00. The van der Waals surface area contributed by atoms with Gasteiger partial charge in [-0.3, -0.25) is 0 Å². The van der Waals surface area contributed by atoms with Crippen LogP contribution in [-0.2, 0) is 19.5 Å². The van der Waals surface area contributed by atoms with Crippen LogP contribution in [0.25, 0.3) is 0 Å². The monoisotopic (exact) mass is 236 g/mol. The molecule has 0 spiro atoms. The summed E-state index contributed by atoms with van der Waals surface area (Å²) >= 11 is 0. The molecule has 0 aromatic heterocycles. The number of nitrogens with zero attached hydrogens (tertiary/aromatic N) is 1. The molecule has 0 aromatic rings. The molecule has 7 heteroatoms. The van der Waals surface area contributed by atoms with Crippen molar-refractivity contribution in [3.8, 4) is 0 Å². The van der Waals surface area contributed by atoms with E-state index in [1.54, 1.807) is 0 Å². The molecule has 0 bridgehead atoms. The maximum Gasteiger partial charge on any atom is 0.221 e. The van der Waals surface area contributed by atoms with Crippen LogP contribution in [0.2, 0.25) is 0 Å². The minimum absolute atomic E-state index is 0.172. The molecule has 0 saturated carbocycles. The van der Waals surface area contributed by atoms with Crippen molar-refractivity contribution in [2.75, 3.05) is 39.5 Å². The van der Waals surface area contributed by atoms with Crippen molar-refractivity contribution in [3.63, 3.8) is 0 Å². The van der Waals surface area contributed by atoms with E-state index in [2.05, 4.69) is 0 Å². The van der Waals surface area contributed by atoms with Gasteiger partial charge >= 0.3 is 0 Å². The van der Waals surface area contributed by atoms with Gasteiger partial charge in [0.1, 0.15) is 5.25 Å². The minimum atomic E-state index is -3.20. The van der Waals surface area contributed by atoms with Gasteiger partial charge < -0.3 is 15.2 Å². The molecule has 1 atom stereocenters. The highest BCUT2D eigenvalue weighted by Crippen LogP contribution is 2.19. The Bertz CT molecular complexity index is 315. The fourth-order valence-corrected chi connectivity index (χ4v) is 3.32. The van der Waals surface area contributed by atoms with Gasteiger partial charge in [0.15, 0.2) is 0 Å². The van der Waals surface area contributed by atoms with Gasteiger partial charge in [-0.25, -0.2) is 8.42 Å². The average molecular weight is 236 g/mol. The number of hydrogen-bond acceptors (Lipinski definition) is 5. The number of nitrogens with two attached hydrogens (primary N) is 1. The molecule has 0 amide bonds. The van der Waals surface area contributed by atoms with Crippen molar-refractivity contribution >= 4 is 10.0 Å². The topological polar surface area (TPSA) is 81.9 Å². The summed E-state index contributed by atoms with van der Waals surface area (Å²) in [4.78, 5) is 0. The summed E-state index contributed by atoms with van der Waals surface area (Å²) in [5.74, 6) is 0. The molecule has 88 valence electrons. The van der Waals surface area contributed by atoms with Crippen LogP contribution in [0.4, 0.5) is 0 Å². The summed E-state index contributed by atoms with van der Waals surface area (Å²) in [5.41, 5.74) is 5.46. The van der Waals surface area contributed by atoms with E-state index in [0.717, 1.165) is 0 Å². The highest BCUT2D eigenvalue weighted by atomic mass is 32.2. The van der Waals surface area contributed by atoms with E-state index in [0.29, 0.717) is 39.5 Å². The molecule has 2 rings (SSSR count). The smallest absolute Gasteiger partial charge is 0.221 e. The lowest BCUT2D eigenvalue weighted by molar-refractivity contribution is -0.000679. The molecule has 2 heterocycles. The van der Waals surface area contributed by atoms with Crippen LogP contribution >= 0.6 is 0 Å². The predicted molar refractivity (Wildman–Crippen MR) is 53.9 cm³/mol. The molecule has 0 aliphatic carbocycles. The summed E-state index contributed by atoms with van der Waals surface area (Å²) in [5, 5.41) is -0.367. The maximum absolute atomic E-state index is 12.0. The van der Waals surface area contributed by atoms with Gasteiger partial charge in [-0.2, -0.15) is 4.31 Å². The molecule has 0 aromatic carbocycles. The first-order valence-corrected chi connectivity index (χ1v) is 6.53. The summed E-state index contributed by atoms with van der Waals surface area (Å²) in [6, 6.07) is 0. The van der Waals surface area contributed by atoms with Crippen LogP contribution in [0.3, 0.4) is 0 Å². The second kappa shape index (κ2) is 4.34. The molecule has 15 heavy (non-hydrogen) atoms. The largest absolute Gasteiger partial charge is 0.378 e. The number of morpholine rings is 1. The van der Waals surface area contributed by atoms with E-state index in [9.17, 15) is 8.42 Å². The fraction of sp³-hybridized carbons (Fsp3) is 1.00. The molecule has 6 nitrogen and oxygen atoms in total. The molecule has 2 aliphatic heterocycles. The predicted octanol–water partition coefficient (Wildman–Crippen LogP) is -1.63. The van der Waals surface area contributed by atoms with E-state index in [1.165, 1.54) is 4.31 Å². The van der Waals surface area contributed by atoms with Crippen molar-refractivity contribution in [1.29, 1.82) is 0 Å². The molecule has 2 aliphatic rings. The molecule has 2 N–H and O–H groups in total. The first kappa shape index (κ1) is 11.3. The van der Waals surface area contributed by atoms with Crippen molar-refractivity contribution in [2.24, 2.45) is 5.73 Å². The number of sulfonamides is 1. The van der Waals surface area contributed by atoms with Crippen LogP contribution in [0.5, 0.6) is 0 Å². The summed E-state index contributed by atoms with van der Waals surface area (Å²) < 4.78 is 35.7. The maximum atomic E-state index is 12.0. The van der Waals surface area contributed by atoms with Gasteiger partial charge in [0, 0.05) is 19.6 Å². The van der Waals surface area contributed by atoms with Crippen molar-refractivity contribution < 1.29 is 17.9 Å². The van der Waals surface area contributed by atoms with Crippen molar-refractivity contribution in [2.45, 2.75) is 11.4 Å². The number of rotatable bonds is 3. The summed E-state index contributed by atoms with van der Waals surface area (Å²) in [7, 11) is -3.20. The van der Waals surface area contributed by atoms with E-state index in [4.69, 9.17) is 15.2 Å². The molecule has 2 fully saturated rings. The Balaban J connectivity index is 2.02. The zero-order valence-electron chi connectivity index (χ0n) is 8.46. The van der Waals surface area contributed by atoms with Gasteiger partial charge in [-0.05, 0) is 0 Å². The van der Waals surface area contributed by atoms with Crippen LogP contribution in [0, 0.1) is 0 Å². The Morgan fingerprint density at radius 2 is 2.13 bits per heavy atom. The Morgan fingerprint density at radius 1 is 1.40 bits per heavy atom. The highest BCUT2D eigenvalue weighted by Gasteiger charge is 2.39. The van der Waals surface area contributed by atoms with Crippen LogP contribution in [-0.4, -0.2) is 63.5 Å². The van der Waals surface area contributed by atoms with Crippen LogP contribution < -0.4 is 5.73 Å². The fourth-order valence-electron chi connectivity index (χ4n) is 1.66. The van der Waals surface area contributed by atoms with E-state index >= 15 is 0 Å². The van der Waals surface area contributed by atoms with Crippen LogP contribution in [0.1, 0.15) is 0 Å². The Labute approximate surface area is 89.4 Å². The standard InChI is InChI=1S/C8H16N2O4S/c9-3-7-4-10(1-2-14-7)15(11,12)8-5-13-6-8/h7-8H,1-6,9H2. The van der Waals surface area contributed by atoms with Gasteiger partial charge in [-0.15, -0.1) is 0 Å². The Hall–Kier alpha value is -0.210. The first-order valence-electron chi connectivity index (χ1n) is 5.03. The quantitative estimate of drug-likeness (QED) is 0.636. The minimum Gasteiger partial charge on any atom is -0.378 e. The number of hydrogen-bond donors (Lipinski definition) is 1. The lowest BCUT2D eigenvalue weighted by atomic mass is 10.3. The van der Waals surface area contributed by atoms with E-state index in [1.807, 2.05) is 0 Å². The SMILES string of the molecule is NCC1CN(S(=O)(=O)C2COC2)CCO1. The van der Waals surface area contributed by atoms with Gasteiger partial charge in [-0.1, -0.05) is 0 Å². The Morgan fingerprint density at radius 3 is 2.67 bits per heavy atom. The van der Waals surface area contributed by atoms with Crippen LogP contribution in [0.15, 0.2) is 0 Å². The third-order valence-corrected chi connectivity index (χ3v) is 4.92. The molecular formula is C8H16N2O4S. The third kappa shape index (κ3) is 2.16. The molecule has 0 radical (unpaired) electrons. The zero-order chi connectivity index (χ0) is 10.9. The lowest BCUT2D eigenvalue weighted by Crippen LogP contribution is -2.54. The third-order valence-electron chi connectivity index (χ3n) is 2.75. The lowest BCUT2D eigenvalue weighted by Gasteiger charge is -2.36. The van der Waals surface area contributed by atoms with E-state index < -0.39 is 10.0 Å².